The molecule has 1 heterocycles. The Morgan fingerprint density at radius 1 is 1.31 bits per heavy atom. The number of hydrogen-bond acceptors (Lipinski definition) is 2. The molecule has 3 atom stereocenters. The molecule has 0 aromatic heterocycles. The molecule has 0 N–H and O–H groups in total. The van der Waals surface area contributed by atoms with Crippen LogP contribution in [0.1, 0.15) is 11.5 Å². The molecule has 1 saturated heterocycles. The van der Waals surface area contributed by atoms with Crippen LogP contribution in [-0.4, -0.2) is 24.6 Å². The zero-order valence-corrected chi connectivity index (χ0v) is 9.65. The van der Waals surface area contributed by atoms with E-state index in [1.807, 2.05) is 24.3 Å². The van der Waals surface area contributed by atoms with Gasteiger partial charge in [-0.2, -0.15) is 0 Å². The van der Waals surface area contributed by atoms with Gasteiger partial charge in [0.2, 0.25) is 5.91 Å². The lowest BCUT2D eigenvalue weighted by Gasteiger charge is -2.16. The second kappa shape index (κ2) is 3.47. The Kier molecular flexibility index (Phi) is 2.19. The van der Waals surface area contributed by atoms with Gasteiger partial charge in [-0.05, 0) is 23.6 Å². The SMILES string of the molecule is CON1C[C@@H]2[C@H](C1=O)[C@H]2c1ccc(Cl)cc1. The first-order valence-corrected chi connectivity index (χ1v) is 5.71. The number of hydrogen-bond donors (Lipinski definition) is 0. The minimum absolute atomic E-state index is 0.118. The van der Waals surface area contributed by atoms with Crippen LogP contribution in [0.15, 0.2) is 24.3 Å². The third-order valence-electron chi connectivity index (χ3n) is 3.55. The molecule has 4 heteroatoms. The summed E-state index contributed by atoms with van der Waals surface area (Å²) in [7, 11) is 1.54. The first-order chi connectivity index (χ1) is 7.72. The molecular formula is C12H12ClNO2. The summed E-state index contributed by atoms with van der Waals surface area (Å²) in [6, 6.07) is 7.78. The van der Waals surface area contributed by atoms with Gasteiger partial charge in [-0.3, -0.25) is 9.63 Å². The van der Waals surface area contributed by atoms with Crippen LogP contribution in [0.5, 0.6) is 0 Å². The standard InChI is InChI=1S/C12H12ClNO2/c1-16-14-6-9-10(11(9)12(14)15)7-2-4-8(13)5-3-7/h2-5,9-11H,6H2,1H3/t9-,10-,11-/m0/s1. The van der Waals surface area contributed by atoms with E-state index < -0.39 is 0 Å². The summed E-state index contributed by atoms with van der Waals surface area (Å²) in [4.78, 5) is 16.8. The van der Waals surface area contributed by atoms with Gasteiger partial charge < -0.3 is 0 Å². The summed E-state index contributed by atoms with van der Waals surface area (Å²) in [5.41, 5.74) is 1.21. The van der Waals surface area contributed by atoms with Crippen LogP contribution in [-0.2, 0) is 9.63 Å². The normalized spacial score (nSPS) is 31.8. The molecule has 1 aliphatic carbocycles. The van der Waals surface area contributed by atoms with E-state index in [9.17, 15) is 4.79 Å². The van der Waals surface area contributed by atoms with Crippen molar-refractivity contribution < 1.29 is 9.63 Å². The number of amides is 1. The fourth-order valence-electron chi connectivity index (χ4n) is 2.69. The van der Waals surface area contributed by atoms with Gasteiger partial charge in [0.1, 0.15) is 0 Å². The maximum Gasteiger partial charge on any atom is 0.250 e. The molecule has 0 spiro atoms. The van der Waals surface area contributed by atoms with Crippen molar-refractivity contribution in [2.45, 2.75) is 5.92 Å². The molecule has 1 aromatic carbocycles. The van der Waals surface area contributed by atoms with Crippen molar-refractivity contribution in [3.05, 3.63) is 34.9 Å². The average Bonchev–Trinajstić information content (AvgIpc) is 2.91. The lowest BCUT2D eigenvalue weighted by atomic mass is 10.1. The van der Waals surface area contributed by atoms with Gasteiger partial charge in [0, 0.05) is 10.9 Å². The number of nitrogens with zero attached hydrogens (tertiary/aromatic N) is 1. The van der Waals surface area contributed by atoms with E-state index in [2.05, 4.69) is 0 Å². The van der Waals surface area contributed by atoms with E-state index in [1.165, 1.54) is 10.6 Å². The molecule has 0 unspecified atom stereocenters. The Morgan fingerprint density at radius 3 is 2.50 bits per heavy atom. The Morgan fingerprint density at radius 2 is 2.00 bits per heavy atom. The molecule has 1 saturated carbocycles. The zero-order valence-electron chi connectivity index (χ0n) is 8.89. The van der Waals surface area contributed by atoms with Crippen molar-refractivity contribution in [2.75, 3.05) is 13.7 Å². The molecule has 3 nitrogen and oxygen atoms in total. The monoisotopic (exact) mass is 237 g/mol. The molecule has 1 aromatic rings. The fraction of sp³-hybridized carbons (Fsp3) is 0.417. The Bertz CT molecular complexity index is 431. The maximum absolute atomic E-state index is 11.8. The van der Waals surface area contributed by atoms with Crippen molar-refractivity contribution in [1.29, 1.82) is 0 Å². The molecule has 0 bridgehead atoms. The average molecular weight is 238 g/mol. The van der Waals surface area contributed by atoms with Crippen molar-refractivity contribution in [3.8, 4) is 0 Å². The van der Waals surface area contributed by atoms with Crippen molar-refractivity contribution >= 4 is 17.5 Å². The topological polar surface area (TPSA) is 29.5 Å². The van der Waals surface area contributed by atoms with Crippen molar-refractivity contribution in [1.82, 2.24) is 5.06 Å². The first-order valence-electron chi connectivity index (χ1n) is 5.33. The summed E-state index contributed by atoms with van der Waals surface area (Å²) in [5, 5.41) is 2.20. The molecule has 84 valence electrons. The lowest BCUT2D eigenvalue weighted by Crippen LogP contribution is -2.28. The third-order valence-corrected chi connectivity index (χ3v) is 3.80. The number of carbonyl (C=O) groups is 1. The van der Waals surface area contributed by atoms with Crippen LogP contribution in [0, 0.1) is 11.8 Å². The second-order valence-electron chi connectivity index (χ2n) is 4.35. The van der Waals surface area contributed by atoms with E-state index >= 15 is 0 Å². The van der Waals surface area contributed by atoms with Crippen molar-refractivity contribution in [3.63, 3.8) is 0 Å². The lowest BCUT2D eigenvalue weighted by molar-refractivity contribution is -0.171. The van der Waals surface area contributed by atoms with Crippen LogP contribution in [0.4, 0.5) is 0 Å². The molecule has 2 aliphatic rings. The van der Waals surface area contributed by atoms with Crippen LogP contribution >= 0.6 is 11.6 Å². The number of carbonyl (C=O) groups excluding carboxylic acids is 1. The summed E-state index contributed by atoms with van der Waals surface area (Å²) in [6.07, 6.45) is 0. The highest BCUT2D eigenvalue weighted by Gasteiger charge is 2.62. The number of benzene rings is 1. The van der Waals surface area contributed by atoms with Gasteiger partial charge in [-0.1, -0.05) is 23.7 Å². The van der Waals surface area contributed by atoms with Crippen LogP contribution in [0.2, 0.25) is 5.02 Å². The van der Waals surface area contributed by atoms with Gasteiger partial charge in [0.15, 0.2) is 0 Å². The Hall–Kier alpha value is -1.06. The van der Waals surface area contributed by atoms with E-state index in [0.29, 0.717) is 18.4 Å². The molecule has 2 fully saturated rings. The summed E-state index contributed by atoms with van der Waals surface area (Å²) < 4.78 is 0. The molecular weight excluding hydrogens is 226 g/mol. The quantitative estimate of drug-likeness (QED) is 0.788. The largest absolute Gasteiger partial charge is 0.274 e. The third kappa shape index (κ3) is 1.35. The van der Waals surface area contributed by atoms with E-state index in [1.54, 1.807) is 7.11 Å². The van der Waals surface area contributed by atoms with Gasteiger partial charge in [0.05, 0.1) is 19.6 Å². The Labute approximate surface area is 98.9 Å². The highest BCUT2D eigenvalue weighted by molar-refractivity contribution is 6.30. The molecule has 0 radical (unpaired) electrons. The summed E-state index contributed by atoms with van der Waals surface area (Å²) in [5.74, 6) is 1.04. The van der Waals surface area contributed by atoms with Gasteiger partial charge in [-0.25, -0.2) is 5.06 Å². The van der Waals surface area contributed by atoms with E-state index in [4.69, 9.17) is 16.4 Å². The van der Waals surface area contributed by atoms with Crippen molar-refractivity contribution in [2.24, 2.45) is 11.8 Å². The summed E-state index contributed by atoms with van der Waals surface area (Å²) in [6.45, 7) is 0.716. The Balaban J connectivity index is 1.78. The highest BCUT2D eigenvalue weighted by atomic mass is 35.5. The number of hydroxylamine groups is 2. The van der Waals surface area contributed by atoms with Gasteiger partial charge >= 0.3 is 0 Å². The summed E-state index contributed by atoms with van der Waals surface area (Å²) >= 11 is 5.84. The maximum atomic E-state index is 11.8. The minimum Gasteiger partial charge on any atom is -0.274 e. The van der Waals surface area contributed by atoms with Gasteiger partial charge in [0.25, 0.3) is 0 Å². The second-order valence-corrected chi connectivity index (χ2v) is 4.79. The predicted octanol–water partition coefficient (Wildman–Crippen LogP) is 2.07. The predicted molar refractivity (Wildman–Crippen MR) is 59.9 cm³/mol. The molecule has 16 heavy (non-hydrogen) atoms. The van der Waals surface area contributed by atoms with E-state index in [-0.39, 0.29) is 11.8 Å². The van der Waals surface area contributed by atoms with E-state index in [0.717, 1.165) is 5.02 Å². The number of rotatable bonds is 2. The van der Waals surface area contributed by atoms with Gasteiger partial charge in [-0.15, -0.1) is 0 Å². The highest BCUT2D eigenvalue weighted by Crippen LogP contribution is 2.58. The molecule has 1 amide bonds. The smallest absolute Gasteiger partial charge is 0.250 e. The first kappa shape index (κ1) is 10.1. The molecule has 3 rings (SSSR count). The number of piperidine rings is 1. The molecule has 1 aliphatic heterocycles. The van der Waals surface area contributed by atoms with Crippen LogP contribution < -0.4 is 0 Å². The fourth-order valence-corrected chi connectivity index (χ4v) is 2.82. The zero-order chi connectivity index (χ0) is 11.3. The van der Waals surface area contributed by atoms with Crippen LogP contribution in [0.3, 0.4) is 0 Å². The number of halogens is 1. The minimum atomic E-state index is 0.118. The van der Waals surface area contributed by atoms with Crippen LogP contribution in [0.25, 0.3) is 0 Å². The number of fused-ring (bicyclic) bond motifs is 1.